The first kappa shape index (κ1) is 23.6. The molecular weight excluding hydrogens is 461 g/mol. The summed E-state index contributed by atoms with van der Waals surface area (Å²) in [7, 11) is 0. The summed E-state index contributed by atoms with van der Waals surface area (Å²) in [6.45, 7) is 6.93. The van der Waals surface area contributed by atoms with E-state index in [2.05, 4.69) is 9.98 Å². The second-order valence-corrected chi connectivity index (χ2v) is 9.03. The van der Waals surface area contributed by atoms with Gasteiger partial charge in [0.25, 0.3) is 0 Å². The van der Waals surface area contributed by atoms with E-state index in [4.69, 9.17) is 21.1 Å². The van der Waals surface area contributed by atoms with E-state index in [1.165, 1.54) is 10.6 Å². The van der Waals surface area contributed by atoms with E-state index in [9.17, 15) is 14.0 Å². The van der Waals surface area contributed by atoms with Crippen LogP contribution in [0.3, 0.4) is 0 Å². The van der Waals surface area contributed by atoms with E-state index in [0.717, 1.165) is 0 Å². The normalized spacial score (nSPS) is 12.8. The molecule has 0 spiro atoms. The molecule has 176 valence electrons. The van der Waals surface area contributed by atoms with Gasteiger partial charge in [-0.3, -0.25) is 9.56 Å². The number of hydrogen-bond donors (Lipinski definition) is 0. The lowest BCUT2D eigenvalue weighted by molar-refractivity contribution is 0.00620. The molecule has 3 aromatic rings. The number of hydrogen-bond acceptors (Lipinski definition) is 6. The summed E-state index contributed by atoms with van der Waals surface area (Å²) < 4.78 is 27.0. The molecule has 1 aliphatic rings. The third-order valence-corrected chi connectivity index (χ3v) is 5.23. The number of carbonyl (C=O) groups is 2. The average molecular weight is 484 g/mol. The Morgan fingerprint density at radius 1 is 1.12 bits per heavy atom. The fourth-order valence-electron chi connectivity index (χ4n) is 3.70. The molecule has 34 heavy (non-hydrogen) atoms. The van der Waals surface area contributed by atoms with Crippen molar-refractivity contribution >= 4 is 29.3 Å². The molecule has 1 aliphatic heterocycles. The van der Waals surface area contributed by atoms with Crippen molar-refractivity contribution in [3.05, 3.63) is 81.6 Å². The second-order valence-electron chi connectivity index (χ2n) is 8.59. The highest BCUT2D eigenvalue weighted by Gasteiger charge is 2.33. The van der Waals surface area contributed by atoms with Gasteiger partial charge in [0, 0.05) is 16.1 Å². The first-order valence-electron chi connectivity index (χ1n) is 10.7. The topological polar surface area (TPSA) is 82.8 Å². The van der Waals surface area contributed by atoms with Gasteiger partial charge < -0.3 is 9.47 Å². The van der Waals surface area contributed by atoms with Gasteiger partial charge in [0.2, 0.25) is 5.82 Å². The van der Waals surface area contributed by atoms with Crippen LogP contribution in [0.4, 0.5) is 4.39 Å². The van der Waals surface area contributed by atoms with Crippen LogP contribution in [0.1, 0.15) is 65.6 Å². The van der Waals surface area contributed by atoms with Crippen molar-refractivity contribution in [1.29, 1.82) is 0 Å². The maximum absolute atomic E-state index is 14.8. The summed E-state index contributed by atoms with van der Waals surface area (Å²) in [5, 5.41) is 0.399. The molecular formula is C25H23ClFN3O4. The summed E-state index contributed by atoms with van der Waals surface area (Å²) >= 11 is 6.29. The Bertz CT molecular complexity index is 1320. The molecule has 0 unspecified atom stereocenters. The van der Waals surface area contributed by atoms with Crippen molar-refractivity contribution in [3.8, 4) is 5.69 Å². The van der Waals surface area contributed by atoms with Crippen LogP contribution in [-0.2, 0) is 16.0 Å². The minimum absolute atomic E-state index is 0.0580. The van der Waals surface area contributed by atoms with Crippen molar-refractivity contribution in [2.45, 2.75) is 39.8 Å². The lowest BCUT2D eigenvalue weighted by Crippen LogP contribution is -2.25. The van der Waals surface area contributed by atoms with Crippen LogP contribution in [0.2, 0.25) is 5.02 Å². The minimum atomic E-state index is -0.782. The highest BCUT2D eigenvalue weighted by Crippen LogP contribution is 2.32. The van der Waals surface area contributed by atoms with Crippen molar-refractivity contribution in [1.82, 2.24) is 9.55 Å². The average Bonchev–Trinajstić information content (AvgIpc) is 3.06. The number of nitrogens with zero attached hydrogens (tertiary/aromatic N) is 3. The predicted molar refractivity (Wildman–Crippen MR) is 125 cm³/mol. The number of halogens is 2. The lowest BCUT2D eigenvalue weighted by atomic mass is 10.00. The monoisotopic (exact) mass is 483 g/mol. The first-order chi connectivity index (χ1) is 16.1. The molecule has 2 heterocycles. The Labute approximate surface area is 201 Å². The molecule has 0 saturated carbocycles. The van der Waals surface area contributed by atoms with Crippen LogP contribution in [0.5, 0.6) is 0 Å². The SMILES string of the molecule is CCOC(=O)c1nc(C(=O)OC(C)(C)C)c2n1-c1ccc(Cl)cc1C(c1ccccc1F)=NC2. The fourth-order valence-corrected chi connectivity index (χ4v) is 3.87. The quantitative estimate of drug-likeness (QED) is 0.479. The molecule has 0 saturated heterocycles. The molecule has 0 fully saturated rings. The largest absolute Gasteiger partial charge is 0.460 e. The second kappa shape index (κ2) is 9.02. The first-order valence-corrected chi connectivity index (χ1v) is 11.1. The maximum Gasteiger partial charge on any atom is 0.374 e. The van der Waals surface area contributed by atoms with Gasteiger partial charge in [-0.25, -0.2) is 19.0 Å². The van der Waals surface area contributed by atoms with Crippen LogP contribution < -0.4 is 0 Å². The number of carbonyl (C=O) groups excluding carboxylic acids is 2. The zero-order chi connectivity index (χ0) is 24.6. The summed E-state index contributed by atoms with van der Waals surface area (Å²) in [6, 6.07) is 11.2. The minimum Gasteiger partial charge on any atom is -0.460 e. The van der Waals surface area contributed by atoms with Gasteiger partial charge in [-0.2, -0.15) is 0 Å². The van der Waals surface area contributed by atoms with Gasteiger partial charge in [0.05, 0.1) is 30.2 Å². The van der Waals surface area contributed by atoms with Gasteiger partial charge >= 0.3 is 11.9 Å². The highest BCUT2D eigenvalue weighted by molar-refractivity contribution is 6.31. The summed E-state index contributed by atoms with van der Waals surface area (Å²) in [6.07, 6.45) is 0. The molecule has 1 aromatic heterocycles. The van der Waals surface area contributed by atoms with Crippen molar-refractivity contribution in [2.24, 2.45) is 4.99 Å². The Hall–Kier alpha value is -3.52. The van der Waals surface area contributed by atoms with Gasteiger partial charge in [0.1, 0.15) is 11.4 Å². The van der Waals surface area contributed by atoms with E-state index in [0.29, 0.717) is 27.7 Å². The molecule has 0 atom stereocenters. The van der Waals surface area contributed by atoms with Crippen LogP contribution in [0.25, 0.3) is 5.69 Å². The summed E-state index contributed by atoms with van der Waals surface area (Å²) in [5.41, 5.74) is 1.03. The van der Waals surface area contributed by atoms with Gasteiger partial charge in [-0.1, -0.05) is 23.7 Å². The standard InChI is InChI=1S/C25H23ClFN3O4/c1-5-33-24(32)22-29-21(23(31)34-25(2,3)4)19-13-28-20(15-8-6-7-9-17(15)27)16-12-14(26)10-11-18(16)30(19)22/h6-12H,5,13H2,1-4H3. The predicted octanol–water partition coefficient (Wildman–Crippen LogP) is 5.15. The van der Waals surface area contributed by atoms with E-state index >= 15 is 0 Å². The molecule has 0 bridgehead atoms. The van der Waals surface area contributed by atoms with Crippen molar-refractivity contribution < 1.29 is 23.5 Å². The van der Waals surface area contributed by atoms with Crippen LogP contribution in [0.15, 0.2) is 47.5 Å². The van der Waals surface area contributed by atoms with E-state index in [1.807, 2.05) is 0 Å². The number of esters is 2. The molecule has 7 nitrogen and oxygen atoms in total. The number of imidazole rings is 1. The van der Waals surface area contributed by atoms with Gasteiger partial charge in [0.15, 0.2) is 5.69 Å². The highest BCUT2D eigenvalue weighted by atomic mass is 35.5. The van der Waals surface area contributed by atoms with Gasteiger partial charge in [-0.15, -0.1) is 0 Å². The molecule has 4 rings (SSSR count). The lowest BCUT2D eigenvalue weighted by Gasteiger charge is -2.19. The Kier molecular flexibility index (Phi) is 6.27. The number of fused-ring (bicyclic) bond motifs is 3. The molecule has 9 heteroatoms. The Balaban J connectivity index is 2.00. The van der Waals surface area contributed by atoms with Crippen LogP contribution >= 0.6 is 11.6 Å². The van der Waals surface area contributed by atoms with Crippen molar-refractivity contribution in [2.75, 3.05) is 6.61 Å². The van der Waals surface area contributed by atoms with E-state index in [-0.39, 0.29) is 30.2 Å². The molecule has 0 radical (unpaired) electrons. The number of rotatable bonds is 4. The Morgan fingerprint density at radius 3 is 2.53 bits per heavy atom. The molecule has 0 aliphatic carbocycles. The zero-order valence-corrected chi connectivity index (χ0v) is 19.9. The fraction of sp³-hybridized carbons (Fsp3) is 0.280. The molecule has 2 aromatic carbocycles. The molecule has 0 N–H and O–H groups in total. The number of benzene rings is 2. The number of aliphatic imine (C=N–C) groups is 1. The van der Waals surface area contributed by atoms with Gasteiger partial charge in [-0.05, 0) is 58.0 Å². The van der Waals surface area contributed by atoms with Crippen LogP contribution in [0, 0.1) is 5.82 Å². The third kappa shape index (κ3) is 4.46. The number of aromatic nitrogens is 2. The smallest absolute Gasteiger partial charge is 0.374 e. The van der Waals surface area contributed by atoms with E-state index in [1.54, 1.807) is 64.1 Å². The Morgan fingerprint density at radius 2 is 1.85 bits per heavy atom. The van der Waals surface area contributed by atoms with Crippen molar-refractivity contribution in [3.63, 3.8) is 0 Å². The summed E-state index contributed by atoms with van der Waals surface area (Å²) in [4.78, 5) is 34.8. The van der Waals surface area contributed by atoms with Crippen LogP contribution in [-0.4, -0.2) is 39.4 Å². The third-order valence-electron chi connectivity index (χ3n) is 4.99. The molecule has 0 amide bonds. The summed E-state index contributed by atoms with van der Waals surface area (Å²) in [5.74, 6) is -1.98. The zero-order valence-electron chi connectivity index (χ0n) is 19.2. The van der Waals surface area contributed by atoms with E-state index < -0.39 is 23.4 Å². The maximum atomic E-state index is 14.8. The number of ether oxygens (including phenoxy) is 2.